The Balaban J connectivity index is 1.84. The summed E-state index contributed by atoms with van der Waals surface area (Å²) in [6.45, 7) is 1.92. The fraction of sp³-hybridized carbons (Fsp3) is 0.176. The average molecular weight is 315 g/mol. The fourth-order valence-corrected chi connectivity index (χ4v) is 2.74. The summed E-state index contributed by atoms with van der Waals surface area (Å²) in [7, 11) is 0. The summed E-state index contributed by atoms with van der Waals surface area (Å²) >= 11 is 6.09. The highest BCUT2D eigenvalue weighted by atomic mass is 35.5. The van der Waals surface area contributed by atoms with Gasteiger partial charge >= 0.3 is 0 Å². The Hall–Kier alpha value is -2.33. The second-order valence-corrected chi connectivity index (χ2v) is 5.69. The molecule has 0 spiro atoms. The minimum atomic E-state index is -0.590. The first-order valence-corrected chi connectivity index (χ1v) is 7.38. The van der Waals surface area contributed by atoms with Crippen LogP contribution in [0.2, 0.25) is 5.02 Å². The second-order valence-electron chi connectivity index (χ2n) is 5.29. The first kappa shape index (κ1) is 14.6. The molecule has 5 heteroatoms. The molecule has 0 saturated carbocycles. The number of anilines is 2. The number of aryl methyl sites for hydroxylation is 1. The zero-order valence-electron chi connectivity index (χ0n) is 12.0. The van der Waals surface area contributed by atoms with Crippen LogP contribution in [0.3, 0.4) is 0 Å². The van der Waals surface area contributed by atoms with Crippen molar-refractivity contribution in [1.29, 1.82) is 0 Å². The highest BCUT2D eigenvalue weighted by molar-refractivity contribution is 6.33. The van der Waals surface area contributed by atoms with Crippen LogP contribution in [-0.4, -0.2) is 17.9 Å². The third-order valence-electron chi connectivity index (χ3n) is 3.61. The monoisotopic (exact) mass is 314 g/mol. The third-order valence-corrected chi connectivity index (χ3v) is 3.94. The second kappa shape index (κ2) is 5.81. The Labute approximate surface area is 133 Å². The molecule has 4 nitrogen and oxygen atoms in total. The molecule has 2 aromatic carbocycles. The van der Waals surface area contributed by atoms with E-state index in [-0.39, 0.29) is 18.2 Å². The molecule has 1 fully saturated rings. The lowest BCUT2D eigenvalue weighted by molar-refractivity contribution is -0.121. The van der Waals surface area contributed by atoms with E-state index in [1.807, 2.05) is 37.3 Å². The number of hydrogen-bond acceptors (Lipinski definition) is 3. The summed E-state index contributed by atoms with van der Waals surface area (Å²) in [5.74, 6) is -0.462. The Morgan fingerprint density at radius 3 is 2.64 bits per heavy atom. The number of nitrogens with one attached hydrogen (secondary N) is 1. The largest absolute Gasteiger partial charge is 0.372 e. The van der Waals surface area contributed by atoms with Crippen LogP contribution >= 0.6 is 11.6 Å². The lowest BCUT2D eigenvalue weighted by Crippen LogP contribution is -2.34. The first-order valence-electron chi connectivity index (χ1n) is 7.01. The number of carbonyl (C=O) groups is 2. The van der Waals surface area contributed by atoms with E-state index in [1.165, 1.54) is 4.90 Å². The van der Waals surface area contributed by atoms with Crippen LogP contribution in [-0.2, 0) is 9.59 Å². The smallest absolute Gasteiger partial charge is 0.256 e. The quantitative estimate of drug-likeness (QED) is 0.883. The van der Waals surface area contributed by atoms with E-state index in [0.717, 1.165) is 5.56 Å². The van der Waals surface area contributed by atoms with Crippen molar-refractivity contribution >= 4 is 34.8 Å². The topological polar surface area (TPSA) is 49.4 Å². The Morgan fingerprint density at radius 1 is 1.14 bits per heavy atom. The Morgan fingerprint density at radius 2 is 1.91 bits per heavy atom. The van der Waals surface area contributed by atoms with Crippen LogP contribution in [0.5, 0.6) is 0 Å². The van der Waals surface area contributed by atoms with Crippen LogP contribution < -0.4 is 10.2 Å². The van der Waals surface area contributed by atoms with Gasteiger partial charge in [0.1, 0.15) is 6.04 Å². The lowest BCUT2D eigenvalue weighted by Gasteiger charge is -2.17. The van der Waals surface area contributed by atoms with E-state index in [2.05, 4.69) is 5.32 Å². The number of rotatable bonds is 3. The minimum absolute atomic E-state index is 0.123. The first-order chi connectivity index (χ1) is 10.6. The zero-order valence-corrected chi connectivity index (χ0v) is 12.8. The molecule has 112 valence electrons. The SMILES string of the molecule is Cc1cccc(N2C(=O)C[C@H](Nc3ccccc3Cl)C2=O)c1. The van der Waals surface area contributed by atoms with Crippen LogP contribution in [0.25, 0.3) is 0 Å². The average Bonchev–Trinajstić information content (AvgIpc) is 2.76. The van der Waals surface area contributed by atoms with E-state index in [4.69, 9.17) is 11.6 Å². The van der Waals surface area contributed by atoms with Crippen molar-refractivity contribution in [2.75, 3.05) is 10.2 Å². The van der Waals surface area contributed by atoms with Crippen molar-refractivity contribution < 1.29 is 9.59 Å². The summed E-state index contributed by atoms with van der Waals surface area (Å²) in [4.78, 5) is 26.0. The molecule has 0 bridgehead atoms. The van der Waals surface area contributed by atoms with Gasteiger partial charge in [-0.1, -0.05) is 35.9 Å². The molecule has 1 atom stereocenters. The highest BCUT2D eigenvalue weighted by Crippen LogP contribution is 2.28. The van der Waals surface area contributed by atoms with Crippen molar-refractivity contribution in [3.05, 3.63) is 59.1 Å². The standard InChI is InChI=1S/C17H15ClN2O2/c1-11-5-4-6-12(9-11)20-16(21)10-15(17(20)22)19-14-8-3-2-7-13(14)18/h2-9,15,19H,10H2,1H3/t15-/m0/s1. The van der Waals surface area contributed by atoms with Gasteiger partial charge in [-0.15, -0.1) is 0 Å². The summed E-state index contributed by atoms with van der Waals surface area (Å²) in [5.41, 5.74) is 2.26. The van der Waals surface area contributed by atoms with Crippen LogP contribution in [0.4, 0.5) is 11.4 Å². The summed E-state index contributed by atoms with van der Waals surface area (Å²) in [6, 6.07) is 13.9. The molecule has 1 aliphatic heterocycles. The fourth-order valence-electron chi connectivity index (χ4n) is 2.55. The molecule has 1 heterocycles. The van der Waals surface area contributed by atoms with Gasteiger partial charge in [-0.05, 0) is 36.8 Å². The number of nitrogens with zero attached hydrogens (tertiary/aromatic N) is 1. The lowest BCUT2D eigenvalue weighted by atomic mass is 10.2. The van der Waals surface area contributed by atoms with Gasteiger partial charge in [0.15, 0.2) is 0 Å². The van der Waals surface area contributed by atoms with E-state index in [9.17, 15) is 9.59 Å². The van der Waals surface area contributed by atoms with Crippen molar-refractivity contribution in [1.82, 2.24) is 0 Å². The van der Waals surface area contributed by atoms with Crippen molar-refractivity contribution in [2.24, 2.45) is 0 Å². The van der Waals surface area contributed by atoms with Gasteiger partial charge in [0.25, 0.3) is 5.91 Å². The molecule has 1 saturated heterocycles. The maximum Gasteiger partial charge on any atom is 0.256 e. The van der Waals surface area contributed by atoms with Gasteiger partial charge in [-0.2, -0.15) is 0 Å². The number of imide groups is 1. The van der Waals surface area contributed by atoms with Gasteiger partial charge in [-0.3, -0.25) is 9.59 Å². The van der Waals surface area contributed by atoms with E-state index in [1.54, 1.807) is 18.2 Å². The number of hydrogen-bond donors (Lipinski definition) is 1. The van der Waals surface area contributed by atoms with Gasteiger partial charge in [0, 0.05) is 0 Å². The van der Waals surface area contributed by atoms with E-state index >= 15 is 0 Å². The van der Waals surface area contributed by atoms with Crippen molar-refractivity contribution in [2.45, 2.75) is 19.4 Å². The van der Waals surface area contributed by atoms with Crippen LogP contribution in [0.1, 0.15) is 12.0 Å². The number of para-hydroxylation sites is 1. The molecule has 1 N–H and O–H groups in total. The Kier molecular flexibility index (Phi) is 3.86. The number of amides is 2. The summed E-state index contributed by atoms with van der Waals surface area (Å²) in [5, 5.41) is 3.58. The highest BCUT2D eigenvalue weighted by Gasteiger charge is 2.39. The molecule has 22 heavy (non-hydrogen) atoms. The number of benzene rings is 2. The zero-order chi connectivity index (χ0) is 15.7. The maximum absolute atomic E-state index is 12.5. The maximum atomic E-state index is 12.5. The molecular formula is C17H15ClN2O2. The molecule has 0 aromatic heterocycles. The van der Waals surface area contributed by atoms with Gasteiger partial charge in [-0.25, -0.2) is 4.90 Å². The summed E-state index contributed by atoms with van der Waals surface area (Å²) < 4.78 is 0. The molecule has 0 unspecified atom stereocenters. The van der Waals surface area contributed by atoms with E-state index in [0.29, 0.717) is 16.4 Å². The van der Waals surface area contributed by atoms with Crippen molar-refractivity contribution in [3.8, 4) is 0 Å². The van der Waals surface area contributed by atoms with Gasteiger partial charge in [0.2, 0.25) is 5.91 Å². The minimum Gasteiger partial charge on any atom is -0.372 e. The molecule has 0 radical (unpaired) electrons. The molecule has 1 aliphatic rings. The van der Waals surface area contributed by atoms with Gasteiger partial charge < -0.3 is 5.32 Å². The van der Waals surface area contributed by atoms with Crippen LogP contribution in [0, 0.1) is 6.92 Å². The predicted octanol–water partition coefficient (Wildman–Crippen LogP) is 3.39. The normalized spacial score (nSPS) is 17.9. The third kappa shape index (κ3) is 2.70. The number of halogens is 1. The van der Waals surface area contributed by atoms with Crippen LogP contribution in [0.15, 0.2) is 48.5 Å². The molecule has 3 rings (SSSR count). The summed E-state index contributed by atoms with van der Waals surface area (Å²) in [6.07, 6.45) is 0.123. The molecule has 2 aromatic rings. The molecule has 2 amide bonds. The number of carbonyl (C=O) groups excluding carboxylic acids is 2. The van der Waals surface area contributed by atoms with Crippen molar-refractivity contribution in [3.63, 3.8) is 0 Å². The Bertz CT molecular complexity index is 745. The molecular weight excluding hydrogens is 300 g/mol. The predicted molar refractivity (Wildman–Crippen MR) is 87.2 cm³/mol. The van der Waals surface area contributed by atoms with Gasteiger partial charge in [0.05, 0.1) is 22.8 Å². The molecule has 0 aliphatic carbocycles. The van der Waals surface area contributed by atoms with E-state index < -0.39 is 6.04 Å².